The summed E-state index contributed by atoms with van der Waals surface area (Å²) in [5.74, 6) is -2.93. The van der Waals surface area contributed by atoms with Gasteiger partial charge in [-0.05, 0) is 41.7 Å². The molecule has 5 N–H and O–H groups in total. The van der Waals surface area contributed by atoms with E-state index in [-0.39, 0.29) is 31.3 Å². The van der Waals surface area contributed by atoms with Crippen molar-refractivity contribution in [1.82, 2.24) is 21.3 Å². The molecule has 2 aromatic carbocycles. The zero-order chi connectivity index (χ0) is 35.2. The van der Waals surface area contributed by atoms with Gasteiger partial charge in [-0.25, -0.2) is 9.59 Å². The Labute approximate surface area is 282 Å². The summed E-state index contributed by atoms with van der Waals surface area (Å²) in [5, 5.41) is 21.9. The van der Waals surface area contributed by atoms with Gasteiger partial charge in [-0.15, -0.1) is 0 Å². The first-order valence-electron chi connectivity index (χ1n) is 16.6. The first-order chi connectivity index (χ1) is 22.9. The van der Waals surface area contributed by atoms with Gasteiger partial charge in [-0.1, -0.05) is 94.8 Å². The molecule has 7 atom stereocenters. The summed E-state index contributed by atoms with van der Waals surface area (Å²) < 4.78 is 10.2. The average Bonchev–Trinajstić information content (AvgIpc) is 3.42. The molecule has 0 aliphatic heterocycles. The Hall–Kier alpha value is -4.45. The third-order valence-corrected chi connectivity index (χ3v) is 8.85. The van der Waals surface area contributed by atoms with Gasteiger partial charge in [0.25, 0.3) is 0 Å². The summed E-state index contributed by atoms with van der Waals surface area (Å²) in [5.41, 5.74) is 1.59. The maximum atomic E-state index is 13.8. The topological polar surface area (TPSA) is 172 Å². The molecule has 4 amide bonds. The number of nitrogens with one attached hydrogen (secondary N) is 4. The molecular weight excluding hydrogens is 616 g/mol. The van der Waals surface area contributed by atoms with E-state index >= 15 is 0 Å². The molecule has 12 nitrogen and oxygen atoms in total. The van der Waals surface area contributed by atoms with Gasteiger partial charge < -0.3 is 35.8 Å². The van der Waals surface area contributed by atoms with Crippen molar-refractivity contribution in [2.24, 2.45) is 17.8 Å². The number of esters is 1. The fourth-order valence-electron chi connectivity index (χ4n) is 5.78. The highest BCUT2D eigenvalue weighted by Crippen LogP contribution is 2.29. The van der Waals surface area contributed by atoms with Crippen molar-refractivity contribution in [3.05, 3.63) is 71.8 Å². The van der Waals surface area contributed by atoms with Crippen LogP contribution in [0.25, 0.3) is 0 Å². The molecule has 0 saturated heterocycles. The Morgan fingerprint density at radius 2 is 1.46 bits per heavy atom. The van der Waals surface area contributed by atoms with E-state index in [0.29, 0.717) is 19.3 Å². The van der Waals surface area contributed by atoms with E-state index < -0.39 is 66.0 Å². The Morgan fingerprint density at radius 3 is 2.04 bits per heavy atom. The third-order valence-electron chi connectivity index (χ3n) is 8.85. The van der Waals surface area contributed by atoms with Crippen LogP contribution in [-0.2, 0) is 41.7 Å². The maximum absolute atomic E-state index is 13.8. The largest absolute Gasteiger partial charge is 0.467 e. The molecule has 0 bridgehead atoms. The molecule has 1 aliphatic carbocycles. The molecule has 3 rings (SSSR count). The van der Waals surface area contributed by atoms with Crippen molar-refractivity contribution >= 4 is 29.8 Å². The second kappa shape index (κ2) is 18.8. The Balaban J connectivity index is 1.73. The molecule has 12 heteroatoms. The monoisotopic (exact) mass is 666 g/mol. The zero-order valence-corrected chi connectivity index (χ0v) is 28.4. The predicted molar refractivity (Wildman–Crippen MR) is 179 cm³/mol. The van der Waals surface area contributed by atoms with Crippen LogP contribution in [0.2, 0.25) is 0 Å². The van der Waals surface area contributed by atoms with Gasteiger partial charge in [-0.2, -0.15) is 0 Å². The van der Waals surface area contributed by atoms with Gasteiger partial charge in [0.05, 0.1) is 19.3 Å². The number of ether oxygens (including phenoxy) is 2. The van der Waals surface area contributed by atoms with E-state index in [9.17, 15) is 29.1 Å². The Kier molecular flexibility index (Phi) is 14.9. The van der Waals surface area contributed by atoms with Crippen molar-refractivity contribution in [2.45, 2.75) is 96.7 Å². The van der Waals surface area contributed by atoms with Crippen LogP contribution in [0.5, 0.6) is 0 Å². The highest BCUT2D eigenvalue weighted by atomic mass is 16.5. The fourth-order valence-corrected chi connectivity index (χ4v) is 5.78. The van der Waals surface area contributed by atoms with Gasteiger partial charge in [0.15, 0.2) is 0 Å². The average molecular weight is 667 g/mol. The number of carbonyl (C=O) groups excluding carboxylic acids is 5. The van der Waals surface area contributed by atoms with Crippen molar-refractivity contribution in [3.8, 4) is 0 Å². The molecule has 0 aromatic heterocycles. The summed E-state index contributed by atoms with van der Waals surface area (Å²) >= 11 is 0. The van der Waals surface area contributed by atoms with Crippen LogP contribution in [0.4, 0.5) is 4.79 Å². The van der Waals surface area contributed by atoms with Crippen LogP contribution in [0.15, 0.2) is 60.7 Å². The summed E-state index contributed by atoms with van der Waals surface area (Å²) in [7, 11) is 1.26. The van der Waals surface area contributed by atoms with Crippen molar-refractivity contribution in [1.29, 1.82) is 0 Å². The Morgan fingerprint density at radius 1 is 0.833 bits per heavy atom. The third kappa shape index (κ3) is 11.4. The minimum Gasteiger partial charge on any atom is -0.467 e. The number of aliphatic hydroxyl groups excluding tert-OH is 1. The molecule has 0 radical (unpaired) electrons. The number of rotatable bonds is 16. The highest BCUT2D eigenvalue weighted by molar-refractivity contribution is 5.92. The molecule has 0 heterocycles. The molecule has 0 spiro atoms. The Bertz CT molecular complexity index is 1360. The van der Waals surface area contributed by atoms with Crippen LogP contribution < -0.4 is 21.3 Å². The van der Waals surface area contributed by atoms with Crippen LogP contribution >= 0.6 is 0 Å². The quantitative estimate of drug-likeness (QED) is 0.170. The van der Waals surface area contributed by atoms with Gasteiger partial charge in [0.2, 0.25) is 17.7 Å². The lowest BCUT2D eigenvalue weighted by atomic mass is 9.95. The second-order valence-corrected chi connectivity index (χ2v) is 12.8. The number of hydrogen-bond donors (Lipinski definition) is 5. The van der Waals surface area contributed by atoms with E-state index in [1.165, 1.54) is 7.11 Å². The standard InChI is InChI=1S/C36H50N4O8/c1-6-23(4)31(40-36(46)48-21-25-15-11-8-12-16-25)34(44)37-27(19-24-13-9-7-10-14-24)33(43)39-32-26(17-18-28(32)41)20-29(42)38-30(22(2)3)35(45)47-5/h7-16,22-23,26-28,30-32,41H,6,17-21H2,1-5H3,(H,37,44)(H,38,42)(H,39,43)(H,40,46)/t23?,26-,27-,28+,30-,31-,32+/m0/s1. The van der Waals surface area contributed by atoms with Crippen molar-refractivity contribution in [2.75, 3.05) is 7.11 Å². The smallest absolute Gasteiger partial charge is 0.408 e. The minimum absolute atomic E-state index is 0.0248. The summed E-state index contributed by atoms with van der Waals surface area (Å²) in [6.07, 6.45) is -0.131. The lowest BCUT2D eigenvalue weighted by Crippen LogP contribution is -2.58. The predicted octanol–water partition coefficient (Wildman–Crippen LogP) is 3.01. The molecule has 1 unspecified atom stereocenters. The first kappa shape index (κ1) is 38.0. The number of hydrogen-bond acceptors (Lipinski definition) is 8. The highest BCUT2D eigenvalue weighted by Gasteiger charge is 2.40. The van der Waals surface area contributed by atoms with Gasteiger partial charge in [-0.3, -0.25) is 14.4 Å². The molecule has 2 aromatic rings. The van der Waals surface area contributed by atoms with Crippen molar-refractivity contribution < 1.29 is 38.6 Å². The number of benzene rings is 2. The zero-order valence-electron chi connectivity index (χ0n) is 28.4. The number of aliphatic hydroxyl groups is 1. The number of amides is 4. The maximum Gasteiger partial charge on any atom is 0.408 e. The minimum atomic E-state index is -1.06. The summed E-state index contributed by atoms with van der Waals surface area (Å²) in [4.78, 5) is 65.4. The van der Waals surface area contributed by atoms with Crippen molar-refractivity contribution in [3.63, 3.8) is 0 Å². The lowest BCUT2D eigenvalue weighted by Gasteiger charge is -2.29. The van der Waals surface area contributed by atoms with E-state index in [1.807, 2.05) is 74.5 Å². The normalized spacial score (nSPS) is 19.7. The SMILES string of the molecule is CCC(C)[C@H](NC(=O)OCc1ccccc1)C(=O)N[C@@H](Cc1ccccc1)C(=O)N[C@@H]1[C@H](CC(=O)N[C@H](C(=O)OC)C(C)C)CC[C@H]1O. The molecule has 262 valence electrons. The second-order valence-electron chi connectivity index (χ2n) is 12.8. The summed E-state index contributed by atoms with van der Waals surface area (Å²) in [6, 6.07) is 14.7. The molecule has 1 fully saturated rings. The van der Waals surface area contributed by atoms with E-state index in [2.05, 4.69) is 21.3 Å². The fraction of sp³-hybridized carbons (Fsp3) is 0.528. The molecule has 1 saturated carbocycles. The number of carbonyl (C=O) groups is 5. The van der Waals surface area contributed by atoms with Gasteiger partial charge in [0.1, 0.15) is 24.7 Å². The van der Waals surface area contributed by atoms with E-state index in [4.69, 9.17) is 9.47 Å². The van der Waals surface area contributed by atoms with Crippen LogP contribution in [-0.4, -0.2) is 72.3 Å². The number of methoxy groups -OCH3 is 1. The lowest BCUT2D eigenvalue weighted by molar-refractivity contribution is -0.146. The molecule has 1 aliphatic rings. The van der Waals surface area contributed by atoms with Crippen LogP contribution in [0.1, 0.15) is 64.5 Å². The van der Waals surface area contributed by atoms with Gasteiger partial charge in [0, 0.05) is 12.8 Å². The van der Waals surface area contributed by atoms with Gasteiger partial charge >= 0.3 is 12.1 Å². The van der Waals surface area contributed by atoms with Crippen LogP contribution in [0.3, 0.4) is 0 Å². The number of alkyl carbamates (subject to hydrolysis) is 1. The summed E-state index contributed by atoms with van der Waals surface area (Å²) in [6.45, 7) is 7.33. The van der Waals surface area contributed by atoms with Crippen LogP contribution in [0, 0.1) is 17.8 Å². The first-order valence-corrected chi connectivity index (χ1v) is 16.6. The van der Waals surface area contributed by atoms with E-state index in [0.717, 1.165) is 11.1 Å². The molecular formula is C36H50N4O8. The van der Waals surface area contributed by atoms with E-state index in [1.54, 1.807) is 13.8 Å². The molecule has 48 heavy (non-hydrogen) atoms.